The Morgan fingerprint density at radius 3 is 2.46 bits per heavy atom. The zero-order valence-electron chi connectivity index (χ0n) is 20.9. The molecule has 0 radical (unpaired) electrons. The van der Waals surface area contributed by atoms with Gasteiger partial charge in [0.1, 0.15) is 11.5 Å². The molecule has 0 spiro atoms. The SMILES string of the molecule is CN(C)c1cc(-c2cn[nH]c2)c(O)c2c1CC1CC3[C@H](N(C)C)C=C(C(N)=O)C(=O)[C@@]3(O)C(=O)C1=C2O. The van der Waals surface area contributed by atoms with E-state index >= 15 is 0 Å². The maximum Gasteiger partial charge on any atom is 0.252 e. The van der Waals surface area contributed by atoms with E-state index in [2.05, 4.69) is 10.2 Å². The van der Waals surface area contributed by atoms with Crippen LogP contribution in [-0.2, 0) is 20.8 Å². The van der Waals surface area contributed by atoms with E-state index in [9.17, 15) is 29.7 Å². The van der Waals surface area contributed by atoms with Gasteiger partial charge in [-0.1, -0.05) is 6.08 Å². The molecule has 0 aliphatic heterocycles. The van der Waals surface area contributed by atoms with Crippen LogP contribution in [0.15, 0.2) is 35.7 Å². The van der Waals surface area contributed by atoms with Gasteiger partial charge in [0.2, 0.25) is 11.6 Å². The molecule has 0 bridgehead atoms. The number of rotatable bonds is 4. The highest BCUT2D eigenvalue weighted by Crippen LogP contribution is 2.53. The highest BCUT2D eigenvalue weighted by Gasteiger charge is 2.63. The second-order valence-corrected chi connectivity index (χ2v) is 10.4. The first-order chi connectivity index (χ1) is 17.4. The second-order valence-electron chi connectivity index (χ2n) is 10.4. The van der Waals surface area contributed by atoms with Gasteiger partial charge in [-0.05, 0) is 44.5 Å². The number of hydrogen-bond acceptors (Lipinski definition) is 9. The number of carbonyl (C=O) groups excluding carboxylic acids is 3. The number of aliphatic hydroxyl groups is 2. The van der Waals surface area contributed by atoms with Crippen LogP contribution < -0.4 is 10.6 Å². The summed E-state index contributed by atoms with van der Waals surface area (Å²) in [5.41, 5.74) is 4.69. The van der Waals surface area contributed by atoms with E-state index in [4.69, 9.17) is 5.73 Å². The molecule has 1 aromatic heterocycles. The number of carbonyl (C=O) groups is 3. The first kappa shape index (κ1) is 24.7. The number of aromatic nitrogens is 2. The Morgan fingerprint density at radius 2 is 1.89 bits per heavy atom. The summed E-state index contributed by atoms with van der Waals surface area (Å²) in [7, 11) is 7.12. The third-order valence-electron chi connectivity index (χ3n) is 7.89. The van der Waals surface area contributed by atoms with Crippen LogP contribution in [0.3, 0.4) is 0 Å². The van der Waals surface area contributed by atoms with Gasteiger partial charge < -0.3 is 30.9 Å². The summed E-state index contributed by atoms with van der Waals surface area (Å²) in [6, 6.07) is 1.18. The minimum Gasteiger partial charge on any atom is -0.507 e. The normalized spacial score (nSPS) is 27.0. The molecule has 194 valence electrons. The summed E-state index contributed by atoms with van der Waals surface area (Å²) in [4.78, 5) is 42.9. The van der Waals surface area contributed by atoms with Gasteiger partial charge in [0.05, 0.1) is 17.3 Å². The first-order valence-electron chi connectivity index (χ1n) is 11.9. The van der Waals surface area contributed by atoms with Gasteiger partial charge in [-0.3, -0.25) is 19.5 Å². The Labute approximate surface area is 212 Å². The lowest BCUT2D eigenvalue weighted by molar-refractivity contribution is -0.160. The highest BCUT2D eigenvalue weighted by atomic mass is 16.3. The Balaban J connectivity index is 1.74. The number of aromatic amines is 1. The molecule has 11 heteroatoms. The predicted molar refractivity (Wildman–Crippen MR) is 135 cm³/mol. The standard InChI is InChI=1S/C26H29N5O6/c1-30(2)17-7-13(12-9-28-29-10-12)21(32)20-14(17)5-11-6-16-18(31(3)4)8-15(25(27)36)23(34)26(16,37)24(35)19(11)22(20)33/h7-11,16,18,32-33,37H,5-6H2,1-4H3,(H2,27,36)(H,28,29)/t11?,16?,18-,26-/m1/s1. The second kappa shape index (κ2) is 8.29. The Morgan fingerprint density at radius 1 is 1.19 bits per heavy atom. The summed E-state index contributed by atoms with van der Waals surface area (Å²) in [6.07, 6.45) is 5.01. The number of nitrogens with two attached hydrogens (primary N) is 1. The number of H-pyrrole nitrogens is 1. The average Bonchev–Trinajstić information content (AvgIpc) is 3.35. The van der Waals surface area contributed by atoms with Gasteiger partial charge in [-0.25, -0.2) is 0 Å². The lowest BCUT2D eigenvalue weighted by Gasteiger charge is -2.49. The third-order valence-corrected chi connectivity index (χ3v) is 7.89. The number of ketones is 2. The minimum atomic E-state index is -2.58. The fraction of sp³-hybridized carbons (Fsp3) is 0.385. The number of primary amides is 1. The number of aromatic hydroxyl groups is 1. The van der Waals surface area contributed by atoms with E-state index in [0.29, 0.717) is 23.1 Å². The third kappa shape index (κ3) is 3.34. The number of nitrogens with zero attached hydrogens (tertiary/aromatic N) is 3. The van der Waals surface area contributed by atoms with E-state index in [1.807, 2.05) is 19.0 Å². The molecule has 5 rings (SSSR count). The highest BCUT2D eigenvalue weighted by molar-refractivity contribution is 6.32. The number of anilines is 1. The zero-order valence-corrected chi connectivity index (χ0v) is 20.9. The van der Waals surface area contributed by atoms with Crippen LogP contribution in [-0.4, -0.2) is 87.7 Å². The number of likely N-dealkylation sites (N-methyl/N-ethyl adjacent to an activating group) is 1. The van der Waals surface area contributed by atoms with E-state index < -0.39 is 52.3 Å². The van der Waals surface area contributed by atoms with E-state index in [1.54, 1.807) is 31.3 Å². The van der Waals surface area contributed by atoms with Crippen LogP contribution in [0.2, 0.25) is 0 Å². The fourth-order valence-corrected chi connectivity index (χ4v) is 6.13. The molecule has 1 saturated carbocycles. The minimum absolute atomic E-state index is 0.0714. The lowest BCUT2D eigenvalue weighted by atomic mass is 9.57. The molecule has 2 unspecified atom stereocenters. The van der Waals surface area contributed by atoms with Crippen LogP contribution in [0.25, 0.3) is 16.9 Å². The molecule has 1 aromatic carbocycles. The number of phenols is 1. The van der Waals surface area contributed by atoms with Crippen LogP contribution in [0, 0.1) is 11.8 Å². The first-order valence-corrected chi connectivity index (χ1v) is 11.9. The predicted octanol–water partition coefficient (Wildman–Crippen LogP) is 0.534. The van der Waals surface area contributed by atoms with Crippen LogP contribution in [0.4, 0.5) is 5.69 Å². The molecular weight excluding hydrogens is 478 g/mol. The van der Waals surface area contributed by atoms with Gasteiger partial charge in [0.25, 0.3) is 5.91 Å². The number of aliphatic hydroxyl groups excluding tert-OH is 1. The van der Waals surface area contributed by atoms with Gasteiger partial charge >= 0.3 is 0 Å². The van der Waals surface area contributed by atoms with Crippen molar-refractivity contribution in [1.29, 1.82) is 0 Å². The number of fused-ring (bicyclic) bond motifs is 3. The van der Waals surface area contributed by atoms with Crippen molar-refractivity contribution in [1.82, 2.24) is 15.1 Å². The van der Waals surface area contributed by atoms with E-state index in [-0.39, 0.29) is 23.3 Å². The lowest BCUT2D eigenvalue weighted by Crippen LogP contribution is -2.65. The largest absolute Gasteiger partial charge is 0.507 e. The van der Waals surface area contributed by atoms with Crippen LogP contribution in [0.1, 0.15) is 17.5 Å². The Kier molecular flexibility index (Phi) is 5.54. The number of hydrogen-bond donors (Lipinski definition) is 5. The van der Waals surface area contributed by atoms with Crippen molar-refractivity contribution in [2.75, 3.05) is 33.1 Å². The Bertz CT molecular complexity index is 1410. The van der Waals surface area contributed by atoms with E-state index in [0.717, 1.165) is 5.69 Å². The fourth-order valence-electron chi connectivity index (χ4n) is 6.13. The maximum absolute atomic E-state index is 13.9. The number of benzene rings is 1. The topological polar surface area (TPSA) is 173 Å². The van der Waals surface area contributed by atoms with Crippen molar-refractivity contribution in [3.05, 3.63) is 46.8 Å². The smallest absolute Gasteiger partial charge is 0.252 e. The molecule has 37 heavy (non-hydrogen) atoms. The molecule has 1 amide bonds. The van der Waals surface area contributed by atoms with Crippen molar-refractivity contribution in [3.8, 4) is 16.9 Å². The molecular formula is C26H29N5O6. The summed E-state index contributed by atoms with van der Waals surface area (Å²) >= 11 is 0. The van der Waals surface area contributed by atoms with Crippen molar-refractivity contribution < 1.29 is 29.7 Å². The van der Waals surface area contributed by atoms with E-state index in [1.165, 1.54) is 12.3 Å². The molecule has 3 aliphatic carbocycles. The van der Waals surface area contributed by atoms with Crippen molar-refractivity contribution in [2.45, 2.75) is 24.5 Å². The zero-order chi connectivity index (χ0) is 27.0. The van der Waals surface area contributed by atoms with Gasteiger partial charge in [-0.15, -0.1) is 0 Å². The van der Waals surface area contributed by atoms with Gasteiger partial charge in [-0.2, -0.15) is 5.10 Å². The summed E-state index contributed by atoms with van der Waals surface area (Å²) < 4.78 is 0. The van der Waals surface area contributed by atoms with Gasteiger partial charge in [0.15, 0.2) is 5.60 Å². The quantitative estimate of drug-likeness (QED) is 0.292. The summed E-state index contributed by atoms with van der Waals surface area (Å²) in [5, 5.41) is 41.1. The molecule has 4 atom stereocenters. The average molecular weight is 508 g/mol. The molecule has 3 aliphatic rings. The van der Waals surface area contributed by atoms with Gasteiger partial charge in [0, 0.05) is 54.6 Å². The number of nitrogens with one attached hydrogen (secondary N) is 1. The molecule has 2 aromatic rings. The monoisotopic (exact) mass is 507 g/mol. The van der Waals surface area contributed by atoms with Crippen LogP contribution in [0.5, 0.6) is 5.75 Å². The molecule has 1 heterocycles. The summed E-state index contributed by atoms with van der Waals surface area (Å²) in [5.74, 6) is -5.20. The molecule has 0 saturated heterocycles. The molecule has 11 nitrogen and oxygen atoms in total. The molecule has 6 N–H and O–H groups in total. The van der Waals surface area contributed by atoms with Crippen molar-refractivity contribution in [2.24, 2.45) is 17.6 Å². The Hall–Kier alpha value is -3.96. The maximum atomic E-state index is 13.9. The van der Waals surface area contributed by atoms with Crippen molar-refractivity contribution >= 4 is 28.9 Å². The number of phenolic OH excluding ortho intramolecular Hbond substituents is 1. The number of Topliss-reactive ketones (excluding diaryl/α,β-unsaturated/α-hetero) is 2. The molecule has 1 fully saturated rings. The summed E-state index contributed by atoms with van der Waals surface area (Å²) in [6.45, 7) is 0. The number of amides is 1. The van der Waals surface area contributed by atoms with Crippen LogP contribution >= 0.6 is 0 Å². The van der Waals surface area contributed by atoms with Crippen molar-refractivity contribution in [3.63, 3.8) is 0 Å².